The van der Waals surface area contributed by atoms with Gasteiger partial charge in [0, 0.05) is 186 Å². The number of benzene rings is 17. The average Bonchev–Trinajstić information content (AvgIpc) is 1.54. The molecular weight excluding hydrogens is 1570 g/mol. The van der Waals surface area contributed by atoms with Crippen LogP contribution in [0.15, 0.2) is 371 Å². The first-order valence-corrected chi connectivity index (χ1v) is 43.9. The summed E-state index contributed by atoms with van der Waals surface area (Å²) >= 11 is 5.51. The Kier molecular flexibility index (Phi) is 14.9. The number of rotatable bonds is 4. The van der Waals surface area contributed by atoms with E-state index in [1.807, 2.05) is 77.4 Å². The Hall–Kier alpha value is -15.8. The van der Waals surface area contributed by atoms with Crippen LogP contribution in [0, 0.1) is 0 Å². The molecule has 29 rings (SSSR count). The summed E-state index contributed by atoms with van der Waals surface area (Å²) in [6, 6.07) is 114. The Morgan fingerprint density at radius 3 is 1.15 bits per heavy atom. The summed E-state index contributed by atoms with van der Waals surface area (Å²) in [4.78, 5) is 39.9. The average molecular weight is 1630 g/mol. The Labute approximate surface area is 716 Å². The molecule has 0 spiro atoms. The summed E-state index contributed by atoms with van der Waals surface area (Å²) in [5.74, 6) is 2.28. The van der Waals surface area contributed by atoms with Crippen molar-refractivity contribution in [1.29, 1.82) is 0 Å². The van der Waals surface area contributed by atoms with Gasteiger partial charge < -0.3 is 0 Å². The lowest BCUT2D eigenvalue weighted by molar-refractivity contribution is 1.02. The molecule has 0 amide bonds. The minimum atomic E-state index is 0.669. The molecule has 17 aromatic carbocycles. The van der Waals surface area contributed by atoms with Gasteiger partial charge in [-0.05, 0) is 126 Å². The standard InChI is InChI=1S/C39H22N4S.C38H21N3S.C33H18N4S/c1-2-11-24(12-3-1)36-34-25-13-5-4-10-23(25)18-19-30(34)41-39(42-36)43-31-16-8-6-14-27(31)33-26-20-21-40-22-29(26)38-35(37(33)43)28-15-7-9-17-32(28)44-38;1-3-11-24-22(9-1)23-10-2-4-12-25(23)30-21-40-34(19-29(24)30)41-32-15-7-5-13-27(32)35-26-17-18-39-20-31(26)38-36(37(35)41)28-14-6-8-16-33(28)42-38;1-2-8-21-19(7-1)13-14-20-17-35-33(36-30(20)21)37-26-11-5-3-9-23(26)28-22-15-16-34-18-25(22)32-29(31(28)37)24-10-4-6-12-27(24)38-32/h1-22H;1-21H;1-18H. The topological polar surface area (TPSA) is 118 Å². The molecule has 0 bridgehead atoms. The van der Waals surface area contributed by atoms with Gasteiger partial charge in [0.2, 0.25) is 11.9 Å². The molecule has 0 aliphatic carbocycles. The lowest BCUT2D eigenvalue weighted by Gasteiger charge is -2.14. The van der Waals surface area contributed by atoms with E-state index in [1.54, 1.807) is 0 Å². The lowest BCUT2D eigenvalue weighted by atomic mass is 9.95. The van der Waals surface area contributed by atoms with Gasteiger partial charge in [0.05, 0.1) is 49.8 Å². The first kappa shape index (κ1) is 69.0. The van der Waals surface area contributed by atoms with E-state index < -0.39 is 0 Å². The monoisotopic (exact) mass is 1630 g/mol. The smallest absolute Gasteiger partial charge is 0.235 e. The maximum atomic E-state index is 5.46. The fourth-order valence-corrected chi connectivity index (χ4v) is 23.9. The second-order valence-electron chi connectivity index (χ2n) is 31.9. The largest absolute Gasteiger partial charge is 0.293 e. The van der Waals surface area contributed by atoms with Gasteiger partial charge in [-0.15, -0.1) is 34.0 Å². The van der Waals surface area contributed by atoms with Crippen LogP contribution in [0.25, 0.3) is 263 Å². The fourth-order valence-electron chi connectivity index (χ4n) is 20.3. The third kappa shape index (κ3) is 9.97. The highest BCUT2D eigenvalue weighted by molar-refractivity contribution is 7.28. The predicted molar refractivity (Wildman–Crippen MR) is 524 cm³/mol. The SMILES string of the molecule is c1ccc(-c2nc(-n3c4ccccc4c4c5ccncc5c5sc6ccccc6c5c43)nc3ccc4ccccc4c23)cc1.c1ccc2c(c1)ccc1cnc(-n3c4ccccc4c4c5ccncc5c5sc6ccccc6c5c43)nc12.c1ccc2c(c1)sc1c3cnccc3c3c4ccccc4n(-c4cc5c6ccccc6c6ccccc6c5cn4)c3c21. The van der Waals surface area contributed by atoms with Gasteiger partial charge in [-0.3, -0.25) is 28.7 Å². The summed E-state index contributed by atoms with van der Waals surface area (Å²) in [6.45, 7) is 0. The van der Waals surface area contributed by atoms with Crippen molar-refractivity contribution >= 4 is 268 Å². The van der Waals surface area contributed by atoms with Crippen molar-refractivity contribution in [3.05, 3.63) is 371 Å². The van der Waals surface area contributed by atoms with Crippen LogP contribution in [0.4, 0.5) is 0 Å². The Bertz CT molecular complexity index is 9660. The molecule has 0 aliphatic heterocycles. The van der Waals surface area contributed by atoms with Crippen molar-refractivity contribution in [2.45, 2.75) is 0 Å². The molecule has 0 saturated carbocycles. The van der Waals surface area contributed by atoms with Crippen LogP contribution >= 0.6 is 34.0 Å². The summed E-state index contributed by atoms with van der Waals surface area (Å²) < 4.78 is 14.5. The van der Waals surface area contributed by atoms with E-state index in [2.05, 4.69) is 356 Å². The van der Waals surface area contributed by atoms with Crippen LogP contribution in [-0.2, 0) is 0 Å². The van der Waals surface area contributed by atoms with Gasteiger partial charge in [-0.25, -0.2) is 24.9 Å². The summed E-state index contributed by atoms with van der Waals surface area (Å²) in [5.41, 5.74) is 10.7. The molecule has 12 heterocycles. The second kappa shape index (κ2) is 26.8. The third-order valence-corrected chi connectivity index (χ3v) is 29.1. The number of hydrogen-bond acceptors (Lipinski definition) is 11. The highest BCUT2D eigenvalue weighted by Gasteiger charge is 2.29. The van der Waals surface area contributed by atoms with Gasteiger partial charge in [-0.2, -0.15) is 0 Å². The number of para-hydroxylation sites is 3. The van der Waals surface area contributed by atoms with Gasteiger partial charge in [-0.1, -0.05) is 255 Å². The van der Waals surface area contributed by atoms with E-state index in [-0.39, 0.29) is 0 Å². The molecule has 0 unspecified atom stereocenters. The second-order valence-corrected chi connectivity index (χ2v) is 35.0. The molecule has 0 saturated heterocycles. The first-order valence-electron chi connectivity index (χ1n) is 41.5. The highest BCUT2D eigenvalue weighted by atomic mass is 32.1. The molecule has 12 aromatic heterocycles. The van der Waals surface area contributed by atoms with E-state index >= 15 is 0 Å². The van der Waals surface area contributed by atoms with Crippen LogP contribution in [0.1, 0.15) is 0 Å². The zero-order valence-electron chi connectivity index (χ0n) is 65.9. The number of thiophene rings is 3. The number of pyridine rings is 4. The van der Waals surface area contributed by atoms with Gasteiger partial charge in [0.15, 0.2) is 0 Å². The third-order valence-electron chi connectivity index (χ3n) is 25.5. The van der Waals surface area contributed by atoms with Gasteiger partial charge in [0.1, 0.15) is 5.82 Å². The van der Waals surface area contributed by atoms with E-state index in [9.17, 15) is 0 Å². The fraction of sp³-hybridized carbons (Fsp3) is 0. The van der Waals surface area contributed by atoms with Crippen LogP contribution in [-0.4, -0.2) is 53.6 Å². The number of nitrogens with zero attached hydrogens (tertiary/aromatic N) is 11. The molecular formula is C110H61N11S3. The molecule has 574 valence electrons. The van der Waals surface area contributed by atoms with Gasteiger partial charge in [0.25, 0.3) is 0 Å². The molecule has 14 heteroatoms. The molecule has 124 heavy (non-hydrogen) atoms. The van der Waals surface area contributed by atoms with Crippen molar-refractivity contribution in [1.82, 2.24) is 53.6 Å². The minimum absolute atomic E-state index is 0.669. The maximum absolute atomic E-state index is 5.46. The van der Waals surface area contributed by atoms with Gasteiger partial charge >= 0.3 is 0 Å². The first-order chi connectivity index (χ1) is 61.6. The molecule has 0 atom stereocenters. The number of aromatic nitrogens is 11. The number of fused-ring (bicyclic) bond motifs is 42. The van der Waals surface area contributed by atoms with Crippen LogP contribution in [0.2, 0.25) is 0 Å². The molecule has 0 fully saturated rings. The Morgan fingerprint density at radius 1 is 0.226 bits per heavy atom. The molecule has 0 aliphatic rings. The zero-order chi connectivity index (χ0) is 80.9. The van der Waals surface area contributed by atoms with Crippen molar-refractivity contribution in [2.75, 3.05) is 0 Å². The summed E-state index contributed by atoms with van der Waals surface area (Å²) in [7, 11) is 0. The predicted octanol–water partition coefficient (Wildman–Crippen LogP) is 29.8. The Morgan fingerprint density at radius 2 is 0.621 bits per heavy atom. The molecule has 0 N–H and O–H groups in total. The van der Waals surface area contributed by atoms with Crippen LogP contribution in [0.3, 0.4) is 0 Å². The minimum Gasteiger partial charge on any atom is -0.293 e. The maximum Gasteiger partial charge on any atom is 0.235 e. The quantitative estimate of drug-likeness (QED) is 0.160. The van der Waals surface area contributed by atoms with E-state index in [1.165, 1.54) is 174 Å². The van der Waals surface area contributed by atoms with Crippen LogP contribution in [0.5, 0.6) is 0 Å². The summed E-state index contributed by atoms with van der Waals surface area (Å²) in [6.07, 6.45) is 15.8. The van der Waals surface area contributed by atoms with Crippen molar-refractivity contribution in [2.24, 2.45) is 0 Å². The zero-order valence-corrected chi connectivity index (χ0v) is 68.3. The van der Waals surface area contributed by atoms with Crippen LogP contribution < -0.4 is 0 Å². The lowest BCUT2D eigenvalue weighted by Crippen LogP contribution is -2.04. The van der Waals surface area contributed by atoms with E-state index in [0.29, 0.717) is 11.9 Å². The number of hydrogen-bond donors (Lipinski definition) is 0. The van der Waals surface area contributed by atoms with E-state index in [0.717, 1.165) is 77.2 Å². The highest BCUT2D eigenvalue weighted by Crippen LogP contribution is 2.53. The summed E-state index contributed by atoms with van der Waals surface area (Å²) in [5, 5.41) is 36.1. The molecule has 11 nitrogen and oxygen atoms in total. The normalized spacial score (nSPS) is 12.2. The molecule has 29 aromatic rings. The van der Waals surface area contributed by atoms with Crippen molar-refractivity contribution in [3.8, 4) is 29.0 Å². The Balaban J connectivity index is 0.0000000975. The van der Waals surface area contributed by atoms with Crippen molar-refractivity contribution in [3.63, 3.8) is 0 Å². The van der Waals surface area contributed by atoms with E-state index in [4.69, 9.17) is 24.9 Å². The molecule has 0 radical (unpaired) electrons. The van der Waals surface area contributed by atoms with Crippen molar-refractivity contribution < 1.29 is 0 Å².